The van der Waals surface area contributed by atoms with Gasteiger partial charge in [0.15, 0.2) is 0 Å². The van der Waals surface area contributed by atoms with Crippen molar-refractivity contribution >= 4 is 32.6 Å². The van der Waals surface area contributed by atoms with Crippen molar-refractivity contribution in [3.8, 4) is 0 Å². The Morgan fingerprint density at radius 3 is 2.25 bits per heavy atom. The Bertz CT molecular complexity index is 1710. The van der Waals surface area contributed by atoms with Crippen molar-refractivity contribution in [1.82, 2.24) is 14.5 Å². The number of rotatable bonds is 11. The Morgan fingerprint density at radius 2 is 1.52 bits per heavy atom. The lowest BCUT2D eigenvalue weighted by Gasteiger charge is -2.34. The normalized spacial score (nSPS) is 14.8. The van der Waals surface area contributed by atoms with Gasteiger partial charge in [-0.1, -0.05) is 98.1 Å². The van der Waals surface area contributed by atoms with Gasteiger partial charge >= 0.3 is 0 Å². The summed E-state index contributed by atoms with van der Waals surface area (Å²) in [6, 6.07) is 26.7. The molecule has 1 N–H and O–H groups in total. The van der Waals surface area contributed by atoms with Crippen molar-refractivity contribution < 1.29 is 22.4 Å². The minimum atomic E-state index is -4.06. The van der Waals surface area contributed by atoms with Gasteiger partial charge in [0.25, 0.3) is 0 Å². The Morgan fingerprint density at radius 1 is 0.864 bits per heavy atom. The van der Waals surface area contributed by atoms with Crippen LogP contribution in [0.15, 0.2) is 102 Å². The number of sulfonamides is 1. The third-order valence-corrected chi connectivity index (χ3v) is 10.1. The number of halogens is 1. The van der Waals surface area contributed by atoms with Crippen molar-refractivity contribution in [2.24, 2.45) is 0 Å². The van der Waals surface area contributed by atoms with Crippen LogP contribution < -0.4 is 5.32 Å². The summed E-state index contributed by atoms with van der Waals surface area (Å²) in [5, 5.41) is 4.80. The first-order chi connectivity index (χ1) is 21.2. The quantitative estimate of drug-likeness (QED) is 0.235. The van der Waals surface area contributed by atoms with Crippen LogP contribution in [0.4, 0.5) is 4.39 Å². The summed E-state index contributed by atoms with van der Waals surface area (Å²) in [5.41, 5.74) is 1.07. The molecule has 1 aliphatic carbocycles. The number of hydrogen-bond donors (Lipinski definition) is 1. The highest BCUT2D eigenvalue weighted by Crippen LogP contribution is 2.23. The molecule has 0 aliphatic heterocycles. The maximum Gasteiger partial charge on any atom is 0.243 e. The van der Waals surface area contributed by atoms with Crippen molar-refractivity contribution in [1.29, 1.82) is 0 Å². The Balaban J connectivity index is 1.46. The number of benzene rings is 4. The van der Waals surface area contributed by atoms with Crippen molar-refractivity contribution in [3.63, 3.8) is 0 Å². The highest BCUT2D eigenvalue weighted by atomic mass is 32.2. The van der Waals surface area contributed by atoms with Crippen LogP contribution >= 0.6 is 0 Å². The number of nitrogens with zero attached hydrogens (tertiary/aromatic N) is 2. The molecule has 1 fully saturated rings. The second-order valence-electron chi connectivity index (χ2n) is 11.4. The van der Waals surface area contributed by atoms with Gasteiger partial charge in [-0.2, -0.15) is 4.31 Å². The van der Waals surface area contributed by atoms with E-state index in [0.717, 1.165) is 52.7 Å². The van der Waals surface area contributed by atoms with Crippen LogP contribution in [0.25, 0.3) is 10.8 Å². The number of carbonyl (C=O) groups excluding carboxylic acids is 2. The Hall–Kier alpha value is -4.08. The van der Waals surface area contributed by atoms with Gasteiger partial charge in [-0.05, 0) is 47.4 Å². The van der Waals surface area contributed by atoms with Gasteiger partial charge in [-0.25, -0.2) is 12.8 Å². The van der Waals surface area contributed by atoms with E-state index >= 15 is 0 Å². The molecule has 44 heavy (non-hydrogen) atoms. The van der Waals surface area contributed by atoms with Gasteiger partial charge < -0.3 is 10.2 Å². The van der Waals surface area contributed by atoms with Crippen molar-refractivity contribution in [3.05, 3.63) is 114 Å². The first-order valence-corrected chi connectivity index (χ1v) is 16.5. The Kier molecular flexibility index (Phi) is 10.1. The molecule has 0 spiro atoms. The van der Waals surface area contributed by atoms with Crippen LogP contribution in [0.3, 0.4) is 0 Å². The molecule has 9 heteroatoms. The zero-order valence-electron chi connectivity index (χ0n) is 24.9. The molecular weight excluding hydrogens is 577 g/mol. The summed E-state index contributed by atoms with van der Waals surface area (Å²) < 4.78 is 43.2. The fourth-order valence-corrected chi connectivity index (χ4v) is 6.94. The lowest BCUT2D eigenvalue weighted by Crippen LogP contribution is -2.54. The average Bonchev–Trinajstić information content (AvgIpc) is 3.04. The molecule has 0 heterocycles. The van der Waals surface area contributed by atoms with E-state index in [2.05, 4.69) is 5.32 Å². The minimum absolute atomic E-state index is 0.00380. The Labute approximate surface area is 258 Å². The zero-order chi connectivity index (χ0) is 31.1. The summed E-state index contributed by atoms with van der Waals surface area (Å²) in [7, 11) is -2.71. The molecular formula is C35H38FN3O4S. The molecule has 7 nitrogen and oxygen atoms in total. The smallest absolute Gasteiger partial charge is 0.243 e. The van der Waals surface area contributed by atoms with Gasteiger partial charge in [0.05, 0.1) is 11.4 Å². The zero-order valence-corrected chi connectivity index (χ0v) is 25.7. The number of amides is 2. The number of nitrogens with one attached hydrogen (secondary N) is 1. The number of fused-ring (bicyclic) bond motifs is 1. The second kappa shape index (κ2) is 14.1. The summed E-state index contributed by atoms with van der Waals surface area (Å²) in [6.07, 6.45) is 5.07. The van der Waals surface area contributed by atoms with Gasteiger partial charge in [-0.15, -0.1) is 0 Å². The van der Waals surface area contributed by atoms with E-state index in [-0.39, 0.29) is 35.4 Å². The minimum Gasteiger partial charge on any atom is -0.352 e. The number of carbonyl (C=O) groups is 2. The van der Waals surface area contributed by atoms with Crippen LogP contribution in [0, 0.1) is 5.82 Å². The van der Waals surface area contributed by atoms with Gasteiger partial charge in [0, 0.05) is 31.6 Å². The molecule has 0 radical (unpaired) electrons. The largest absolute Gasteiger partial charge is 0.352 e. The molecule has 2 amide bonds. The molecule has 4 aromatic carbocycles. The van der Waals surface area contributed by atoms with E-state index in [0.29, 0.717) is 0 Å². The molecule has 1 saturated carbocycles. The third-order valence-electron chi connectivity index (χ3n) is 8.31. The monoisotopic (exact) mass is 615 g/mol. The summed E-state index contributed by atoms with van der Waals surface area (Å²) in [6.45, 7) is -0.712. The summed E-state index contributed by atoms with van der Waals surface area (Å²) in [4.78, 5) is 29.4. The first kappa shape index (κ1) is 31.3. The molecule has 230 valence electrons. The maximum absolute atomic E-state index is 14.9. The van der Waals surface area contributed by atoms with Crippen molar-refractivity contribution in [2.45, 2.75) is 62.0 Å². The van der Waals surface area contributed by atoms with Gasteiger partial charge in [-0.3, -0.25) is 9.59 Å². The van der Waals surface area contributed by atoms with Crippen LogP contribution in [0.5, 0.6) is 0 Å². The topological polar surface area (TPSA) is 86.8 Å². The van der Waals surface area contributed by atoms with E-state index in [1.807, 2.05) is 54.6 Å². The lowest BCUT2D eigenvalue weighted by molar-refractivity contribution is -0.141. The van der Waals surface area contributed by atoms with Crippen LogP contribution in [-0.2, 0) is 32.6 Å². The fraction of sp³-hybridized carbons (Fsp3) is 0.314. The SMILES string of the molecule is CN(CC(=O)N(Cc1ccccc1F)C(Cc1ccccc1)C(=O)NC1CCCCC1)S(=O)(=O)c1ccc2ccccc2c1. The van der Waals surface area contributed by atoms with E-state index in [4.69, 9.17) is 0 Å². The third kappa shape index (κ3) is 7.52. The highest BCUT2D eigenvalue weighted by molar-refractivity contribution is 7.89. The van der Waals surface area contributed by atoms with E-state index < -0.39 is 34.3 Å². The molecule has 0 aromatic heterocycles. The molecule has 0 saturated heterocycles. The average molecular weight is 616 g/mol. The summed E-state index contributed by atoms with van der Waals surface area (Å²) >= 11 is 0. The lowest BCUT2D eigenvalue weighted by atomic mass is 9.94. The number of likely N-dealkylation sites (N-methyl/N-ethyl adjacent to an activating group) is 1. The predicted octanol–water partition coefficient (Wildman–Crippen LogP) is 5.69. The molecule has 1 unspecified atom stereocenters. The summed E-state index contributed by atoms with van der Waals surface area (Å²) in [5.74, 6) is -1.43. The van der Waals surface area contributed by atoms with E-state index in [9.17, 15) is 22.4 Å². The predicted molar refractivity (Wildman–Crippen MR) is 170 cm³/mol. The molecule has 1 atom stereocenters. The van der Waals surface area contributed by atoms with Crippen LogP contribution in [0.2, 0.25) is 0 Å². The highest BCUT2D eigenvalue weighted by Gasteiger charge is 2.34. The molecule has 1 aliphatic rings. The van der Waals surface area contributed by atoms with E-state index in [1.165, 1.54) is 24.1 Å². The van der Waals surface area contributed by atoms with Gasteiger partial charge in [0.2, 0.25) is 21.8 Å². The molecule has 5 rings (SSSR count). The van der Waals surface area contributed by atoms with Crippen LogP contribution in [-0.4, -0.2) is 55.1 Å². The van der Waals surface area contributed by atoms with Gasteiger partial charge in [0.1, 0.15) is 11.9 Å². The number of hydrogen-bond acceptors (Lipinski definition) is 4. The molecule has 4 aromatic rings. The second-order valence-corrected chi connectivity index (χ2v) is 13.5. The fourth-order valence-electron chi connectivity index (χ4n) is 5.78. The molecule has 0 bridgehead atoms. The standard InChI is InChI=1S/C35H38FN3O4S/c1-38(44(42,43)31-21-20-27-14-8-9-15-28(27)23-31)25-34(40)39(24-29-16-10-11-19-32(29)36)33(22-26-12-4-2-5-13-26)35(41)37-30-17-6-3-7-18-30/h2,4-5,8-16,19-21,23,30,33H,3,6-7,17-18,22,24-25H2,1H3,(H,37,41). The van der Waals surface area contributed by atoms with Crippen LogP contribution in [0.1, 0.15) is 43.2 Å². The maximum atomic E-state index is 14.9. The van der Waals surface area contributed by atoms with E-state index in [1.54, 1.807) is 30.3 Å². The van der Waals surface area contributed by atoms with Crippen molar-refractivity contribution in [2.75, 3.05) is 13.6 Å². The first-order valence-electron chi connectivity index (χ1n) is 15.0.